The van der Waals surface area contributed by atoms with Gasteiger partial charge in [0.2, 0.25) is 0 Å². The van der Waals surface area contributed by atoms with Gasteiger partial charge in [-0.1, -0.05) is 0 Å². The SMILES string of the molecule is COc1ccc2[c]ccnc2c1OC. The van der Waals surface area contributed by atoms with Gasteiger partial charge in [-0.25, -0.2) is 0 Å². The van der Waals surface area contributed by atoms with Crippen LogP contribution in [0.2, 0.25) is 0 Å². The third kappa shape index (κ3) is 1.27. The highest BCUT2D eigenvalue weighted by Crippen LogP contribution is 2.33. The van der Waals surface area contributed by atoms with E-state index in [1.54, 1.807) is 26.5 Å². The van der Waals surface area contributed by atoms with Crippen LogP contribution in [0.4, 0.5) is 0 Å². The van der Waals surface area contributed by atoms with Crippen LogP contribution in [0, 0.1) is 6.07 Å². The van der Waals surface area contributed by atoms with Gasteiger partial charge < -0.3 is 9.47 Å². The van der Waals surface area contributed by atoms with Gasteiger partial charge in [-0.2, -0.15) is 0 Å². The molecule has 71 valence electrons. The molecule has 0 bridgehead atoms. The van der Waals surface area contributed by atoms with Crippen LogP contribution in [0.1, 0.15) is 0 Å². The molecule has 0 saturated carbocycles. The number of pyridine rings is 1. The van der Waals surface area contributed by atoms with Gasteiger partial charge in [0.25, 0.3) is 0 Å². The van der Waals surface area contributed by atoms with Gasteiger partial charge in [0.05, 0.1) is 14.2 Å². The normalized spacial score (nSPS) is 10.1. The van der Waals surface area contributed by atoms with Crippen molar-refractivity contribution in [2.24, 2.45) is 0 Å². The Balaban J connectivity index is 2.77. The average molecular weight is 188 g/mol. The minimum absolute atomic E-state index is 0.654. The van der Waals surface area contributed by atoms with E-state index in [-0.39, 0.29) is 0 Å². The summed E-state index contributed by atoms with van der Waals surface area (Å²) in [6.45, 7) is 0. The van der Waals surface area contributed by atoms with Gasteiger partial charge >= 0.3 is 0 Å². The summed E-state index contributed by atoms with van der Waals surface area (Å²) >= 11 is 0. The number of methoxy groups -OCH3 is 2. The molecule has 0 atom stereocenters. The summed E-state index contributed by atoms with van der Waals surface area (Å²) in [4.78, 5) is 4.22. The Labute approximate surface area is 82.3 Å². The molecule has 2 aromatic rings. The zero-order valence-corrected chi connectivity index (χ0v) is 8.07. The van der Waals surface area contributed by atoms with Crippen molar-refractivity contribution in [2.45, 2.75) is 0 Å². The summed E-state index contributed by atoms with van der Waals surface area (Å²) in [5.41, 5.74) is 0.773. The lowest BCUT2D eigenvalue weighted by Crippen LogP contribution is -1.92. The van der Waals surface area contributed by atoms with Crippen molar-refractivity contribution < 1.29 is 9.47 Å². The molecule has 0 aliphatic heterocycles. The summed E-state index contributed by atoms with van der Waals surface area (Å²) in [6, 6.07) is 8.60. The smallest absolute Gasteiger partial charge is 0.187 e. The number of hydrogen-bond acceptors (Lipinski definition) is 3. The Morgan fingerprint density at radius 3 is 2.79 bits per heavy atom. The van der Waals surface area contributed by atoms with E-state index < -0.39 is 0 Å². The van der Waals surface area contributed by atoms with Crippen LogP contribution >= 0.6 is 0 Å². The highest BCUT2D eigenvalue weighted by atomic mass is 16.5. The number of nitrogens with zero attached hydrogens (tertiary/aromatic N) is 1. The van der Waals surface area contributed by atoms with Crippen LogP contribution < -0.4 is 9.47 Å². The first kappa shape index (κ1) is 8.81. The molecule has 3 heteroatoms. The molecule has 0 aliphatic carbocycles. The first-order valence-corrected chi connectivity index (χ1v) is 4.24. The standard InChI is InChI=1S/C11H10NO2/c1-13-9-6-5-8-4-3-7-12-10(8)11(9)14-2/h3,5-7H,1-2H3. The molecule has 1 aromatic carbocycles. The van der Waals surface area contributed by atoms with E-state index in [9.17, 15) is 0 Å². The van der Waals surface area contributed by atoms with Gasteiger partial charge in [0.15, 0.2) is 11.5 Å². The van der Waals surface area contributed by atoms with E-state index in [0.29, 0.717) is 11.5 Å². The number of aromatic nitrogens is 1. The van der Waals surface area contributed by atoms with Crippen molar-refractivity contribution in [2.75, 3.05) is 14.2 Å². The summed E-state index contributed by atoms with van der Waals surface area (Å²) in [6.07, 6.45) is 1.68. The number of rotatable bonds is 2. The molecular weight excluding hydrogens is 178 g/mol. The maximum atomic E-state index is 5.24. The number of ether oxygens (including phenoxy) is 2. The molecule has 1 heterocycles. The molecule has 0 fully saturated rings. The molecule has 14 heavy (non-hydrogen) atoms. The minimum Gasteiger partial charge on any atom is -0.493 e. The number of benzene rings is 1. The van der Waals surface area contributed by atoms with E-state index >= 15 is 0 Å². The van der Waals surface area contributed by atoms with Gasteiger partial charge in [0, 0.05) is 11.6 Å². The Bertz CT molecular complexity index is 454. The minimum atomic E-state index is 0.654. The lowest BCUT2D eigenvalue weighted by molar-refractivity contribution is 0.358. The maximum absolute atomic E-state index is 5.24. The van der Waals surface area contributed by atoms with Crippen LogP contribution in [0.25, 0.3) is 10.9 Å². The van der Waals surface area contributed by atoms with Crippen LogP contribution in [0.15, 0.2) is 24.4 Å². The molecule has 3 nitrogen and oxygen atoms in total. The molecule has 0 spiro atoms. The van der Waals surface area contributed by atoms with Gasteiger partial charge in [0.1, 0.15) is 5.52 Å². The summed E-state index contributed by atoms with van der Waals surface area (Å²) in [5, 5.41) is 0.921. The molecule has 1 radical (unpaired) electrons. The number of hydrogen-bond donors (Lipinski definition) is 0. The first-order chi connectivity index (χ1) is 6.86. The third-order valence-corrected chi connectivity index (χ3v) is 2.04. The lowest BCUT2D eigenvalue weighted by Gasteiger charge is -2.08. The second-order valence-corrected chi connectivity index (χ2v) is 2.79. The quantitative estimate of drug-likeness (QED) is 0.722. The van der Waals surface area contributed by atoms with Crippen molar-refractivity contribution >= 4 is 10.9 Å². The van der Waals surface area contributed by atoms with Gasteiger partial charge in [-0.15, -0.1) is 0 Å². The molecule has 2 rings (SSSR count). The van der Waals surface area contributed by atoms with E-state index in [1.807, 2.05) is 12.1 Å². The molecule has 0 aliphatic rings. The fraction of sp³-hybridized carbons (Fsp3) is 0.182. The molecule has 0 saturated heterocycles. The Morgan fingerprint density at radius 1 is 1.21 bits per heavy atom. The molecule has 1 aromatic heterocycles. The zero-order chi connectivity index (χ0) is 9.97. The van der Waals surface area contributed by atoms with E-state index in [0.717, 1.165) is 10.9 Å². The van der Waals surface area contributed by atoms with Crippen molar-refractivity contribution in [3.8, 4) is 11.5 Å². The van der Waals surface area contributed by atoms with Crippen molar-refractivity contribution in [3.63, 3.8) is 0 Å². The Kier molecular flexibility index (Phi) is 2.23. The fourth-order valence-corrected chi connectivity index (χ4v) is 1.39. The third-order valence-electron chi connectivity index (χ3n) is 2.04. The summed E-state index contributed by atoms with van der Waals surface area (Å²) in [7, 11) is 3.21. The number of fused-ring (bicyclic) bond motifs is 1. The predicted octanol–water partition coefficient (Wildman–Crippen LogP) is 2.05. The van der Waals surface area contributed by atoms with Gasteiger partial charge in [-0.3, -0.25) is 4.98 Å². The maximum Gasteiger partial charge on any atom is 0.187 e. The second kappa shape index (κ2) is 3.54. The largest absolute Gasteiger partial charge is 0.493 e. The van der Waals surface area contributed by atoms with Crippen molar-refractivity contribution in [1.29, 1.82) is 0 Å². The second-order valence-electron chi connectivity index (χ2n) is 2.79. The van der Waals surface area contributed by atoms with Crippen LogP contribution in [0.3, 0.4) is 0 Å². The lowest BCUT2D eigenvalue weighted by atomic mass is 10.2. The predicted molar refractivity (Wildman–Crippen MR) is 53.7 cm³/mol. The summed E-state index contributed by atoms with van der Waals surface area (Å²) in [5.74, 6) is 1.34. The molecule has 0 unspecified atom stereocenters. The summed E-state index contributed by atoms with van der Waals surface area (Å²) < 4.78 is 10.4. The van der Waals surface area contributed by atoms with Crippen LogP contribution in [-0.4, -0.2) is 19.2 Å². The molecule has 0 N–H and O–H groups in total. The fourth-order valence-electron chi connectivity index (χ4n) is 1.39. The Morgan fingerprint density at radius 2 is 2.07 bits per heavy atom. The van der Waals surface area contributed by atoms with E-state index in [4.69, 9.17) is 9.47 Å². The first-order valence-electron chi connectivity index (χ1n) is 4.24. The van der Waals surface area contributed by atoms with Crippen LogP contribution in [0.5, 0.6) is 11.5 Å². The van der Waals surface area contributed by atoms with Gasteiger partial charge in [-0.05, 0) is 24.3 Å². The zero-order valence-electron chi connectivity index (χ0n) is 8.07. The topological polar surface area (TPSA) is 31.4 Å². The van der Waals surface area contributed by atoms with Crippen molar-refractivity contribution in [1.82, 2.24) is 4.98 Å². The van der Waals surface area contributed by atoms with E-state index in [2.05, 4.69) is 11.1 Å². The monoisotopic (exact) mass is 188 g/mol. The average Bonchev–Trinajstić information content (AvgIpc) is 2.27. The van der Waals surface area contributed by atoms with Crippen LogP contribution in [-0.2, 0) is 0 Å². The molecule has 0 amide bonds. The highest BCUT2D eigenvalue weighted by Gasteiger charge is 2.08. The van der Waals surface area contributed by atoms with Crippen molar-refractivity contribution in [3.05, 3.63) is 30.5 Å². The Hall–Kier alpha value is -1.77. The van der Waals surface area contributed by atoms with E-state index in [1.165, 1.54) is 0 Å². The highest BCUT2D eigenvalue weighted by molar-refractivity contribution is 5.86. The molecular formula is C11H10NO2.